The minimum atomic E-state index is 0.331. The topological polar surface area (TPSA) is 60.2 Å². The molecule has 0 aliphatic carbocycles. The summed E-state index contributed by atoms with van der Waals surface area (Å²) in [5, 5.41) is 3.00. The van der Waals surface area contributed by atoms with E-state index in [2.05, 4.69) is 15.3 Å². The highest BCUT2D eigenvalue weighted by Crippen LogP contribution is 2.14. The molecule has 92 valence electrons. The van der Waals surface area contributed by atoms with Gasteiger partial charge in [0.25, 0.3) is 0 Å². The quantitative estimate of drug-likeness (QED) is 0.850. The molecule has 0 atom stereocenters. The lowest BCUT2D eigenvalue weighted by Crippen LogP contribution is -2.05. The fraction of sp³-hybridized carbons (Fsp3) is 0.455. The van der Waals surface area contributed by atoms with Crippen LogP contribution in [0.5, 0.6) is 6.08 Å². The zero-order valence-electron chi connectivity index (χ0n) is 9.90. The van der Waals surface area contributed by atoms with Crippen molar-refractivity contribution in [1.29, 1.82) is 0 Å². The van der Waals surface area contributed by atoms with Crippen LogP contribution in [0.3, 0.4) is 0 Å². The van der Waals surface area contributed by atoms with Gasteiger partial charge in [-0.25, -0.2) is 4.98 Å². The van der Waals surface area contributed by atoms with Gasteiger partial charge in [0.05, 0.1) is 23.5 Å². The summed E-state index contributed by atoms with van der Waals surface area (Å²) in [6, 6.07) is 0. The summed E-state index contributed by atoms with van der Waals surface area (Å²) >= 11 is 1.65. The Morgan fingerprint density at radius 3 is 3.12 bits per heavy atom. The van der Waals surface area contributed by atoms with Crippen molar-refractivity contribution in [3.63, 3.8) is 0 Å². The zero-order valence-corrected chi connectivity index (χ0v) is 10.7. The number of hydrogen-bond acceptors (Lipinski definition) is 6. The number of oxazole rings is 1. The molecular weight excluding hydrogens is 238 g/mol. The highest BCUT2D eigenvalue weighted by atomic mass is 32.1. The third-order valence-corrected chi connectivity index (χ3v) is 3.28. The Bertz CT molecular complexity index is 467. The van der Waals surface area contributed by atoms with Crippen LogP contribution >= 0.6 is 11.3 Å². The second kappa shape index (κ2) is 5.79. The van der Waals surface area contributed by atoms with Gasteiger partial charge < -0.3 is 14.5 Å². The maximum Gasteiger partial charge on any atom is 0.393 e. The Balaban J connectivity index is 1.80. The Kier molecular flexibility index (Phi) is 4.11. The molecule has 0 saturated carbocycles. The fourth-order valence-corrected chi connectivity index (χ4v) is 2.18. The minimum absolute atomic E-state index is 0.331. The largest absolute Gasteiger partial charge is 0.450 e. The van der Waals surface area contributed by atoms with Crippen molar-refractivity contribution >= 4 is 11.3 Å². The van der Waals surface area contributed by atoms with E-state index in [9.17, 15) is 0 Å². The van der Waals surface area contributed by atoms with E-state index < -0.39 is 0 Å². The van der Waals surface area contributed by atoms with E-state index in [0.29, 0.717) is 19.2 Å². The number of thiazole rings is 1. The van der Waals surface area contributed by atoms with Crippen LogP contribution in [-0.2, 0) is 13.0 Å². The Hall–Kier alpha value is -1.40. The van der Waals surface area contributed by atoms with Gasteiger partial charge in [-0.1, -0.05) is 0 Å². The Morgan fingerprint density at radius 1 is 1.53 bits per heavy atom. The van der Waals surface area contributed by atoms with E-state index in [-0.39, 0.29) is 0 Å². The first-order valence-corrected chi connectivity index (χ1v) is 6.28. The lowest BCUT2D eigenvalue weighted by molar-refractivity contribution is 0.233. The molecule has 0 fully saturated rings. The van der Waals surface area contributed by atoms with E-state index in [1.165, 1.54) is 4.88 Å². The third kappa shape index (κ3) is 3.28. The van der Waals surface area contributed by atoms with Crippen molar-refractivity contribution in [3.05, 3.63) is 28.0 Å². The van der Waals surface area contributed by atoms with Crippen LogP contribution in [0.1, 0.15) is 16.3 Å². The summed E-state index contributed by atoms with van der Waals surface area (Å²) in [7, 11) is 1.86. The molecule has 0 saturated heterocycles. The molecule has 2 rings (SSSR count). The molecule has 0 unspecified atom stereocenters. The summed E-state index contributed by atoms with van der Waals surface area (Å²) in [6.45, 7) is 3.24. The van der Waals surface area contributed by atoms with E-state index in [1.54, 1.807) is 17.6 Å². The zero-order chi connectivity index (χ0) is 12.1. The molecule has 1 N–H and O–H groups in total. The van der Waals surface area contributed by atoms with Gasteiger partial charge in [0.15, 0.2) is 0 Å². The van der Waals surface area contributed by atoms with Crippen molar-refractivity contribution in [1.82, 2.24) is 15.3 Å². The number of aryl methyl sites for hydroxylation is 1. The predicted molar refractivity (Wildman–Crippen MR) is 65.3 cm³/mol. The molecule has 5 nitrogen and oxygen atoms in total. The molecule has 0 aliphatic rings. The van der Waals surface area contributed by atoms with Crippen molar-refractivity contribution in [2.75, 3.05) is 13.7 Å². The van der Waals surface area contributed by atoms with Gasteiger partial charge in [-0.05, 0) is 14.0 Å². The average molecular weight is 253 g/mol. The lowest BCUT2D eigenvalue weighted by Gasteiger charge is -1.99. The third-order valence-electron chi connectivity index (χ3n) is 2.29. The maximum atomic E-state index is 5.43. The molecule has 0 bridgehead atoms. The van der Waals surface area contributed by atoms with Gasteiger partial charge in [-0.3, -0.25) is 0 Å². The molecule has 0 radical (unpaired) electrons. The smallest absolute Gasteiger partial charge is 0.393 e. The molecular formula is C11H15N3O2S. The molecule has 0 amide bonds. The summed E-state index contributed by atoms with van der Waals surface area (Å²) in [5.74, 6) is 0. The second-order valence-electron chi connectivity index (χ2n) is 3.59. The lowest BCUT2D eigenvalue weighted by atomic mass is 10.3. The predicted octanol–water partition coefficient (Wildman–Crippen LogP) is 1.78. The highest BCUT2D eigenvalue weighted by molar-refractivity contribution is 7.09. The molecule has 2 aromatic heterocycles. The highest BCUT2D eigenvalue weighted by Gasteiger charge is 2.06. The molecule has 2 heterocycles. The van der Waals surface area contributed by atoms with E-state index in [1.807, 2.05) is 19.5 Å². The summed E-state index contributed by atoms with van der Waals surface area (Å²) < 4.78 is 10.6. The van der Waals surface area contributed by atoms with E-state index >= 15 is 0 Å². The molecule has 17 heavy (non-hydrogen) atoms. The van der Waals surface area contributed by atoms with Crippen LogP contribution in [0.2, 0.25) is 0 Å². The van der Waals surface area contributed by atoms with E-state index in [4.69, 9.17) is 9.15 Å². The maximum absolute atomic E-state index is 5.43. The minimum Gasteiger partial charge on any atom is -0.450 e. The Morgan fingerprint density at radius 2 is 2.41 bits per heavy atom. The van der Waals surface area contributed by atoms with Gasteiger partial charge in [-0.15, -0.1) is 11.3 Å². The SMILES string of the molecule is CNCc1coc(OCCc2scnc2C)n1. The summed E-state index contributed by atoms with van der Waals surface area (Å²) in [6.07, 6.45) is 2.77. The van der Waals surface area contributed by atoms with Crippen molar-refractivity contribution in [2.45, 2.75) is 19.9 Å². The summed E-state index contributed by atoms with van der Waals surface area (Å²) in [4.78, 5) is 9.61. The fourth-order valence-electron chi connectivity index (χ4n) is 1.41. The van der Waals surface area contributed by atoms with Crippen molar-refractivity contribution in [3.8, 4) is 6.08 Å². The first-order chi connectivity index (χ1) is 8.29. The van der Waals surface area contributed by atoms with Gasteiger partial charge >= 0.3 is 6.08 Å². The molecule has 2 aromatic rings. The van der Waals surface area contributed by atoms with Crippen LogP contribution in [-0.4, -0.2) is 23.6 Å². The van der Waals surface area contributed by atoms with Crippen LogP contribution in [0.15, 0.2) is 16.2 Å². The van der Waals surface area contributed by atoms with Gasteiger partial charge in [-0.2, -0.15) is 4.98 Å². The number of hydrogen-bond donors (Lipinski definition) is 1. The molecule has 0 spiro atoms. The molecule has 0 aliphatic heterocycles. The second-order valence-corrected chi connectivity index (χ2v) is 4.53. The van der Waals surface area contributed by atoms with Crippen LogP contribution in [0.4, 0.5) is 0 Å². The summed E-state index contributed by atoms with van der Waals surface area (Å²) in [5.41, 5.74) is 3.76. The van der Waals surface area contributed by atoms with Crippen molar-refractivity contribution < 1.29 is 9.15 Å². The van der Waals surface area contributed by atoms with Crippen LogP contribution < -0.4 is 10.1 Å². The van der Waals surface area contributed by atoms with E-state index in [0.717, 1.165) is 17.8 Å². The number of nitrogens with one attached hydrogen (secondary N) is 1. The standard InChI is InChI=1S/C11H15N3O2S/c1-8-10(17-7-13-8)3-4-15-11-14-9(5-12-2)6-16-11/h6-7,12H,3-5H2,1-2H3. The number of aromatic nitrogens is 2. The average Bonchev–Trinajstić information content (AvgIpc) is 2.90. The normalized spacial score (nSPS) is 10.7. The first-order valence-electron chi connectivity index (χ1n) is 5.40. The first kappa shape index (κ1) is 12.1. The monoisotopic (exact) mass is 253 g/mol. The van der Waals surface area contributed by atoms with Gasteiger partial charge in [0.2, 0.25) is 0 Å². The molecule has 0 aromatic carbocycles. The van der Waals surface area contributed by atoms with Crippen LogP contribution in [0, 0.1) is 6.92 Å². The van der Waals surface area contributed by atoms with Gasteiger partial charge in [0.1, 0.15) is 6.26 Å². The van der Waals surface area contributed by atoms with Gasteiger partial charge in [0, 0.05) is 17.8 Å². The Labute approximate surface area is 104 Å². The number of nitrogens with zero attached hydrogens (tertiary/aromatic N) is 2. The number of ether oxygens (including phenoxy) is 1. The number of rotatable bonds is 6. The van der Waals surface area contributed by atoms with Crippen molar-refractivity contribution in [2.24, 2.45) is 0 Å². The van der Waals surface area contributed by atoms with Crippen LogP contribution in [0.25, 0.3) is 0 Å². The molecule has 6 heteroatoms.